The van der Waals surface area contributed by atoms with Crippen LogP contribution in [0.5, 0.6) is 0 Å². The summed E-state index contributed by atoms with van der Waals surface area (Å²) in [6, 6.07) is 13.4. The van der Waals surface area contributed by atoms with Crippen LogP contribution in [0, 0.1) is 0 Å². The maximum atomic E-state index is 12.5. The summed E-state index contributed by atoms with van der Waals surface area (Å²) >= 11 is 1.35. The van der Waals surface area contributed by atoms with Crippen LogP contribution < -0.4 is 10.9 Å². The van der Waals surface area contributed by atoms with Gasteiger partial charge >= 0.3 is 0 Å². The zero-order valence-corrected chi connectivity index (χ0v) is 12.7. The van der Waals surface area contributed by atoms with Crippen LogP contribution in [0.25, 0.3) is 15.7 Å². The number of carbonyl (C=O) groups excluding carboxylic acids is 1. The van der Waals surface area contributed by atoms with Crippen molar-refractivity contribution in [1.29, 1.82) is 0 Å². The van der Waals surface area contributed by atoms with Crippen LogP contribution >= 0.6 is 11.3 Å². The molecule has 23 heavy (non-hydrogen) atoms. The zero-order chi connectivity index (χ0) is 15.8. The van der Waals surface area contributed by atoms with Crippen molar-refractivity contribution in [2.24, 2.45) is 0 Å². The first-order valence-corrected chi connectivity index (χ1v) is 7.86. The van der Waals surface area contributed by atoms with E-state index in [4.69, 9.17) is 0 Å². The summed E-state index contributed by atoms with van der Waals surface area (Å²) in [6.45, 7) is 0. The van der Waals surface area contributed by atoms with Crippen LogP contribution in [0.2, 0.25) is 0 Å². The second kappa shape index (κ2) is 5.33. The highest BCUT2D eigenvalue weighted by Crippen LogP contribution is 2.23. The number of nitrogens with one attached hydrogen (secondary N) is 1. The van der Waals surface area contributed by atoms with Gasteiger partial charge in [0, 0.05) is 28.8 Å². The quantitative estimate of drug-likeness (QED) is 0.617. The minimum atomic E-state index is -0.459. The molecule has 2 aromatic heterocycles. The minimum Gasteiger partial charge on any atom is -0.321 e. The van der Waals surface area contributed by atoms with Gasteiger partial charge in [-0.05, 0) is 11.5 Å². The minimum absolute atomic E-state index is 0.0221. The lowest BCUT2D eigenvalue weighted by atomic mass is 10.1. The van der Waals surface area contributed by atoms with E-state index in [0.717, 1.165) is 10.8 Å². The molecule has 0 bridgehead atoms. The summed E-state index contributed by atoms with van der Waals surface area (Å²) in [4.78, 5) is 29.6. The van der Waals surface area contributed by atoms with Crippen molar-refractivity contribution in [3.63, 3.8) is 0 Å². The smallest absolute Gasteiger partial charge is 0.271 e. The van der Waals surface area contributed by atoms with Crippen LogP contribution in [0.4, 0.5) is 5.69 Å². The molecule has 0 unspecified atom stereocenters. The van der Waals surface area contributed by atoms with Gasteiger partial charge in [-0.3, -0.25) is 14.0 Å². The molecule has 112 valence electrons. The largest absolute Gasteiger partial charge is 0.321 e. The van der Waals surface area contributed by atoms with Gasteiger partial charge in [-0.15, -0.1) is 11.3 Å². The van der Waals surface area contributed by atoms with Gasteiger partial charge in [0.25, 0.3) is 11.5 Å². The Hall–Kier alpha value is -2.99. The summed E-state index contributed by atoms with van der Waals surface area (Å²) in [5.41, 5.74) is 0.325. The van der Waals surface area contributed by atoms with Gasteiger partial charge in [-0.25, -0.2) is 4.98 Å². The molecule has 2 heterocycles. The highest BCUT2D eigenvalue weighted by molar-refractivity contribution is 7.15. The molecule has 6 heteroatoms. The highest BCUT2D eigenvalue weighted by atomic mass is 32.1. The summed E-state index contributed by atoms with van der Waals surface area (Å²) in [7, 11) is 0. The Morgan fingerprint density at radius 3 is 2.87 bits per heavy atom. The molecule has 0 aliphatic rings. The number of benzene rings is 2. The highest BCUT2D eigenvalue weighted by Gasteiger charge is 2.14. The first-order valence-electron chi connectivity index (χ1n) is 6.98. The van der Waals surface area contributed by atoms with E-state index >= 15 is 0 Å². The lowest BCUT2D eigenvalue weighted by Crippen LogP contribution is -2.25. The summed E-state index contributed by atoms with van der Waals surface area (Å²) in [6.07, 6.45) is 2.94. The van der Waals surface area contributed by atoms with E-state index in [9.17, 15) is 9.59 Å². The Kier molecular flexibility index (Phi) is 3.17. The molecule has 2 aromatic carbocycles. The van der Waals surface area contributed by atoms with Gasteiger partial charge in [0.1, 0.15) is 5.56 Å². The molecule has 0 spiro atoms. The van der Waals surface area contributed by atoms with E-state index in [1.165, 1.54) is 21.9 Å². The normalized spacial score (nSPS) is 11.0. The third kappa shape index (κ3) is 2.29. The number of rotatable bonds is 2. The van der Waals surface area contributed by atoms with E-state index in [2.05, 4.69) is 10.3 Å². The van der Waals surface area contributed by atoms with Gasteiger partial charge in [0.2, 0.25) is 0 Å². The SMILES string of the molecule is O=C(Nc1cccc2ccccc12)c1cnc2sccn2c1=O. The van der Waals surface area contributed by atoms with E-state index in [1.807, 2.05) is 42.5 Å². The van der Waals surface area contributed by atoms with Gasteiger partial charge < -0.3 is 5.32 Å². The van der Waals surface area contributed by atoms with Crippen molar-refractivity contribution in [2.75, 3.05) is 5.32 Å². The van der Waals surface area contributed by atoms with Crippen LogP contribution in [0.15, 0.2) is 65.0 Å². The predicted molar refractivity (Wildman–Crippen MR) is 91.2 cm³/mol. The average Bonchev–Trinajstić information content (AvgIpc) is 3.05. The van der Waals surface area contributed by atoms with Crippen molar-refractivity contribution < 1.29 is 4.79 Å². The number of aromatic nitrogens is 2. The number of nitrogens with zero attached hydrogens (tertiary/aromatic N) is 2. The van der Waals surface area contributed by atoms with Crippen molar-refractivity contribution in [2.45, 2.75) is 0 Å². The molecular weight excluding hydrogens is 310 g/mol. The number of hydrogen-bond acceptors (Lipinski definition) is 4. The standard InChI is InChI=1S/C17H11N3O2S/c21-15(13-10-18-17-20(16(13)22)8-9-23-17)19-14-7-3-5-11-4-1-2-6-12(11)14/h1-10H,(H,19,21). The van der Waals surface area contributed by atoms with E-state index in [1.54, 1.807) is 11.6 Å². The van der Waals surface area contributed by atoms with E-state index < -0.39 is 5.91 Å². The Bertz CT molecular complexity index is 1090. The second-order valence-corrected chi connectivity index (χ2v) is 5.89. The molecule has 0 fully saturated rings. The third-order valence-corrected chi connectivity index (χ3v) is 4.40. The van der Waals surface area contributed by atoms with Crippen LogP contribution in [-0.2, 0) is 0 Å². The zero-order valence-electron chi connectivity index (χ0n) is 11.9. The molecule has 0 aliphatic carbocycles. The molecule has 0 saturated heterocycles. The number of hydrogen-bond donors (Lipinski definition) is 1. The van der Waals surface area contributed by atoms with Crippen LogP contribution in [-0.4, -0.2) is 15.3 Å². The third-order valence-electron chi connectivity index (χ3n) is 3.63. The fourth-order valence-electron chi connectivity index (χ4n) is 2.50. The molecule has 4 aromatic rings. The van der Waals surface area contributed by atoms with E-state index in [-0.39, 0.29) is 11.1 Å². The first-order chi connectivity index (χ1) is 11.2. The van der Waals surface area contributed by atoms with Gasteiger partial charge in [0.15, 0.2) is 4.96 Å². The number of fused-ring (bicyclic) bond motifs is 2. The number of amides is 1. The number of thiazole rings is 1. The van der Waals surface area contributed by atoms with Gasteiger partial charge in [-0.1, -0.05) is 36.4 Å². The Morgan fingerprint density at radius 2 is 1.96 bits per heavy atom. The van der Waals surface area contributed by atoms with E-state index in [0.29, 0.717) is 10.6 Å². The monoisotopic (exact) mass is 321 g/mol. The predicted octanol–water partition coefficient (Wildman–Crippen LogP) is 3.16. The molecule has 4 rings (SSSR count). The first kappa shape index (κ1) is 13.7. The summed E-state index contributed by atoms with van der Waals surface area (Å²) < 4.78 is 1.38. The number of anilines is 1. The molecule has 1 N–H and O–H groups in total. The number of carbonyl (C=O) groups is 1. The maximum Gasteiger partial charge on any atom is 0.271 e. The van der Waals surface area contributed by atoms with Crippen molar-refractivity contribution in [1.82, 2.24) is 9.38 Å². The maximum absolute atomic E-state index is 12.5. The van der Waals surface area contributed by atoms with Crippen molar-refractivity contribution in [3.8, 4) is 0 Å². The molecule has 0 atom stereocenters. The molecule has 5 nitrogen and oxygen atoms in total. The molecule has 0 saturated carbocycles. The van der Waals surface area contributed by atoms with Crippen molar-refractivity contribution in [3.05, 3.63) is 76.2 Å². The lowest BCUT2D eigenvalue weighted by molar-refractivity contribution is 0.102. The van der Waals surface area contributed by atoms with Gasteiger partial charge in [-0.2, -0.15) is 0 Å². The van der Waals surface area contributed by atoms with Crippen LogP contribution in [0.3, 0.4) is 0 Å². The second-order valence-electron chi connectivity index (χ2n) is 5.01. The fraction of sp³-hybridized carbons (Fsp3) is 0. The van der Waals surface area contributed by atoms with Crippen LogP contribution in [0.1, 0.15) is 10.4 Å². The molecule has 0 radical (unpaired) electrons. The average molecular weight is 321 g/mol. The summed E-state index contributed by atoms with van der Waals surface area (Å²) in [5, 5.41) is 6.52. The van der Waals surface area contributed by atoms with Crippen molar-refractivity contribution >= 4 is 38.7 Å². The topological polar surface area (TPSA) is 63.5 Å². The fourth-order valence-corrected chi connectivity index (χ4v) is 3.18. The Morgan fingerprint density at radius 1 is 1.13 bits per heavy atom. The Labute approximate surface area is 134 Å². The molecule has 0 aliphatic heterocycles. The lowest BCUT2D eigenvalue weighted by Gasteiger charge is -2.08. The van der Waals surface area contributed by atoms with Gasteiger partial charge in [0.05, 0.1) is 0 Å². The Balaban J connectivity index is 1.76. The molecule has 1 amide bonds. The molecular formula is C17H11N3O2S. The summed E-state index contributed by atoms with van der Waals surface area (Å²) in [5.74, 6) is -0.459.